The Labute approximate surface area is 152 Å². The maximum absolute atomic E-state index is 13.3. The number of hydrogen-bond donors (Lipinski definition) is 2. The summed E-state index contributed by atoms with van der Waals surface area (Å²) in [5, 5.41) is 10.9. The van der Waals surface area contributed by atoms with Gasteiger partial charge in [-0.3, -0.25) is 4.79 Å². The third-order valence-corrected chi connectivity index (χ3v) is 4.49. The number of nitrogen functional groups attached to an aromatic ring is 1. The topological polar surface area (TPSA) is 85.8 Å². The van der Waals surface area contributed by atoms with E-state index in [1.807, 2.05) is 0 Å². The Balaban J connectivity index is 1.66. The van der Waals surface area contributed by atoms with E-state index in [4.69, 9.17) is 5.84 Å². The standard InChI is InChI=1S/C17H15F2N5OS/c1-10-7-13(19)5-6-14(10)21-15(25)9-26-17-23-22-16(24(17)20)11-3-2-4-12(18)8-11/h2-8H,9,20H2,1H3,(H,21,25). The molecular weight excluding hydrogens is 360 g/mol. The van der Waals surface area contributed by atoms with Crippen LogP contribution in [0.5, 0.6) is 0 Å². The van der Waals surface area contributed by atoms with Crippen molar-refractivity contribution in [2.45, 2.75) is 12.1 Å². The lowest BCUT2D eigenvalue weighted by atomic mass is 10.2. The lowest BCUT2D eigenvalue weighted by molar-refractivity contribution is -0.113. The van der Waals surface area contributed by atoms with Gasteiger partial charge in [0, 0.05) is 11.3 Å². The fourth-order valence-electron chi connectivity index (χ4n) is 2.28. The lowest BCUT2D eigenvalue weighted by Gasteiger charge is -2.08. The molecule has 0 radical (unpaired) electrons. The zero-order valence-corrected chi connectivity index (χ0v) is 14.6. The molecule has 134 valence electrons. The number of anilines is 1. The molecule has 0 aliphatic rings. The number of halogens is 2. The molecule has 1 heterocycles. The summed E-state index contributed by atoms with van der Waals surface area (Å²) in [5.74, 6) is 5.21. The molecule has 1 amide bonds. The number of hydrogen-bond acceptors (Lipinski definition) is 5. The number of nitrogens with two attached hydrogens (primary N) is 1. The first-order chi connectivity index (χ1) is 12.4. The van der Waals surface area contributed by atoms with Gasteiger partial charge in [-0.2, -0.15) is 0 Å². The van der Waals surface area contributed by atoms with Crippen LogP contribution in [0.15, 0.2) is 47.6 Å². The highest BCUT2D eigenvalue weighted by Crippen LogP contribution is 2.22. The highest BCUT2D eigenvalue weighted by atomic mass is 32.2. The summed E-state index contributed by atoms with van der Waals surface area (Å²) < 4.78 is 27.6. The van der Waals surface area contributed by atoms with Crippen molar-refractivity contribution < 1.29 is 13.6 Å². The molecule has 0 saturated heterocycles. The van der Waals surface area contributed by atoms with Gasteiger partial charge in [0.25, 0.3) is 0 Å². The molecule has 0 atom stereocenters. The number of amides is 1. The summed E-state index contributed by atoms with van der Waals surface area (Å²) >= 11 is 1.09. The van der Waals surface area contributed by atoms with Gasteiger partial charge in [0.2, 0.25) is 11.1 Å². The van der Waals surface area contributed by atoms with Crippen LogP contribution in [-0.4, -0.2) is 26.5 Å². The molecule has 0 spiro atoms. The predicted molar refractivity (Wildman–Crippen MR) is 96.1 cm³/mol. The van der Waals surface area contributed by atoms with Crippen LogP contribution in [0.4, 0.5) is 14.5 Å². The van der Waals surface area contributed by atoms with E-state index < -0.39 is 5.82 Å². The minimum absolute atomic E-state index is 0.0370. The van der Waals surface area contributed by atoms with E-state index in [2.05, 4.69) is 15.5 Å². The summed E-state index contributed by atoms with van der Waals surface area (Å²) in [6.07, 6.45) is 0. The van der Waals surface area contributed by atoms with Gasteiger partial charge in [-0.25, -0.2) is 13.5 Å². The average molecular weight is 375 g/mol. The average Bonchev–Trinajstić information content (AvgIpc) is 2.96. The first-order valence-corrected chi connectivity index (χ1v) is 8.58. The van der Waals surface area contributed by atoms with Crippen molar-refractivity contribution >= 4 is 23.4 Å². The summed E-state index contributed by atoms with van der Waals surface area (Å²) in [6, 6.07) is 9.94. The second-order valence-corrected chi connectivity index (χ2v) is 6.43. The molecule has 0 aliphatic heterocycles. The first-order valence-electron chi connectivity index (χ1n) is 7.59. The van der Waals surface area contributed by atoms with E-state index in [9.17, 15) is 13.6 Å². The van der Waals surface area contributed by atoms with Crippen molar-refractivity contribution in [1.29, 1.82) is 0 Å². The van der Waals surface area contributed by atoms with Gasteiger partial charge in [0.15, 0.2) is 5.82 Å². The Kier molecular flexibility index (Phi) is 5.17. The molecule has 1 aromatic heterocycles. The van der Waals surface area contributed by atoms with Crippen LogP contribution in [0.2, 0.25) is 0 Å². The van der Waals surface area contributed by atoms with Gasteiger partial charge in [-0.05, 0) is 42.8 Å². The Morgan fingerprint density at radius 2 is 1.96 bits per heavy atom. The number of aryl methyl sites for hydroxylation is 1. The molecule has 3 rings (SSSR count). The van der Waals surface area contributed by atoms with Gasteiger partial charge >= 0.3 is 0 Å². The number of rotatable bonds is 5. The zero-order chi connectivity index (χ0) is 18.7. The van der Waals surface area contributed by atoms with Crippen LogP contribution in [0.25, 0.3) is 11.4 Å². The van der Waals surface area contributed by atoms with E-state index in [1.54, 1.807) is 19.1 Å². The first kappa shape index (κ1) is 17.9. The summed E-state index contributed by atoms with van der Waals surface area (Å²) in [7, 11) is 0. The SMILES string of the molecule is Cc1cc(F)ccc1NC(=O)CSc1nnc(-c2cccc(F)c2)n1N. The smallest absolute Gasteiger partial charge is 0.234 e. The molecule has 3 N–H and O–H groups in total. The van der Waals surface area contributed by atoms with Crippen molar-refractivity contribution in [3.8, 4) is 11.4 Å². The van der Waals surface area contributed by atoms with Crippen LogP contribution in [0.1, 0.15) is 5.56 Å². The molecular formula is C17H15F2N5OS. The maximum Gasteiger partial charge on any atom is 0.234 e. The van der Waals surface area contributed by atoms with Crippen LogP contribution in [0.3, 0.4) is 0 Å². The van der Waals surface area contributed by atoms with E-state index >= 15 is 0 Å². The molecule has 2 aromatic carbocycles. The van der Waals surface area contributed by atoms with E-state index in [1.165, 1.54) is 35.0 Å². The van der Waals surface area contributed by atoms with Crippen molar-refractivity contribution in [3.63, 3.8) is 0 Å². The molecule has 0 bridgehead atoms. The summed E-state index contributed by atoms with van der Waals surface area (Å²) in [6.45, 7) is 1.70. The number of carbonyl (C=O) groups is 1. The van der Waals surface area contributed by atoms with Crippen LogP contribution < -0.4 is 11.2 Å². The quantitative estimate of drug-likeness (QED) is 0.529. The molecule has 6 nitrogen and oxygen atoms in total. The van der Waals surface area contributed by atoms with Crippen molar-refractivity contribution in [2.24, 2.45) is 0 Å². The number of aromatic nitrogens is 3. The third-order valence-electron chi connectivity index (χ3n) is 3.54. The number of nitrogens with one attached hydrogen (secondary N) is 1. The molecule has 3 aromatic rings. The largest absolute Gasteiger partial charge is 0.335 e. The molecule has 9 heteroatoms. The molecule has 0 fully saturated rings. The lowest BCUT2D eigenvalue weighted by Crippen LogP contribution is -2.17. The second-order valence-electron chi connectivity index (χ2n) is 5.48. The fraction of sp³-hybridized carbons (Fsp3) is 0.118. The van der Waals surface area contributed by atoms with Gasteiger partial charge in [-0.15, -0.1) is 10.2 Å². The molecule has 26 heavy (non-hydrogen) atoms. The number of thioether (sulfide) groups is 1. The van der Waals surface area contributed by atoms with Crippen molar-refractivity contribution in [3.05, 3.63) is 59.7 Å². The van der Waals surface area contributed by atoms with Crippen LogP contribution in [0, 0.1) is 18.6 Å². The Hall–Kier alpha value is -2.94. The third kappa shape index (κ3) is 3.99. The fourth-order valence-corrected chi connectivity index (χ4v) is 2.94. The van der Waals surface area contributed by atoms with Crippen molar-refractivity contribution in [2.75, 3.05) is 16.9 Å². The van der Waals surface area contributed by atoms with Crippen LogP contribution >= 0.6 is 11.8 Å². The molecule has 0 aliphatic carbocycles. The van der Waals surface area contributed by atoms with Crippen LogP contribution in [-0.2, 0) is 4.79 Å². The summed E-state index contributed by atoms with van der Waals surface area (Å²) in [5.41, 5.74) is 1.64. The number of benzene rings is 2. The zero-order valence-electron chi connectivity index (χ0n) is 13.7. The minimum Gasteiger partial charge on any atom is -0.335 e. The molecule has 0 saturated carbocycles. The van der Waals surface area contributed by atoms with Gasteiger partial charge in [0.05, 0.1) is 5.75 Å². The van der Waals surface area contributed by atoms with Gasteiger partial charge in [-0.1, -0.05) is 23.9 Å². The van der Waals surface area contributed by atoms with E-state index in [-0.39, 0.29) is 17.5 Å². The number of carbonyl (C=O) groups excluding carboxylic acids is 1. The monoisotopic (exact) mass is 375 g/mol. The normalized spacial score (nSPS) is 10.7. The maximum atomic E-state index is 13.3. The van der Waals surface area contributed by atoms with Crippen molar-refractivity contribution in [1.82, 2.24) is 14.9 Å². The van der Waals surface area contributed by atoms with Gasteiger partial charge < -0.3 is 11.2 Å². The second kappa shape index (κ2) is 7.52. The highest BCUT2D eigenvalue weighted by molar-refractivity contribution is 7.99. The molecule has 0 unspecified atom stereocenters. The highest BCUT2D eigenvalue weighted by Gasteiger charge is 2.14. The van der Waals surface area contributed by atoms with Gasteiger partial charge in [0.1, 0.15) is 11.6 Å². The predicted octanol–water partition coefficient (Wildman–Crippen LogP) is 2.98. The van der Waals surface area contributed by atoms with E-state index in [0.29, 0.717) is 27.8 Å². The summed E-state index contributed by atoms with van der Waals surface area (Å²) in [4.78, 5) is 12.1. The van der Waals surface area contributed by atoms with E-state index in [0.717, 1.165) is 11.8 Å². The number of nitrogens with zero attached hydrogens (tertiary/aromatic N) is 3. The minimum atomic E-state index is -0.409. The Morgan fingerprint density at radius 1 is 1.19 bits per heavy atom. The Morgan fingerprint density at radius 3 is 2.69 bits per heavy atom. The Bertz CT molecular complexity index is 960.